The molecule has 1 aromatic carbocycles. The summed E-state index contributed by atoms with van der Waals surface area (Å²) in [6.07, 6.45) is 2.46. The molecule has 0 saturated carbocycles. The molecule has 4 heteroatoms. The molecule has 1 aliphatic rings. The van der Waals surface area contributed by atoms with Gasteiger partial charge in [0.2, 0.25) is 0 Å². The van der Waals surface area contributed by atoms with Crippen LogP contribution in [0.4, 0.5) is 11.4 Å². The summed E-state index contributed by atoms with van der Waals surface area (Å²) < 4.78 is 10.6. The number of nitrogen functional groups attached to an aromatic ring is 1. The van der Waals surface area contributed by atoms with E-state index in [1.54, 1.807) is 14.2 Å². The smallest absolute Gasteiger partial charge is 0.121 e. The van der Waals surface area contributed by atoms with Crippen LogP contribution in [-0.2, 0) is 4.74 Å². The average Bonchev–Trinajstić information content (AvgIpc) is 2.39. The SMILES string of the molecule is COc1ccc(N2CCC(OC)CC2C)c(N)c1. The molecule has 1 heterocycles. The lowest BCUT2D eigenvalue weighted by Crippen LogP contribution is -2.43. The highest BCUT2D eigenvalue weighted by molar-refractivity contribution is 5.70. The van der Waals surface area contributed by atoms with Crippen molar-refractivity contribution in [2.45, 2.75) is 31.9 Å². The average molecular weight is 250 g/mol. The van der Waals surface area contributed by atoms with Crippen LogP contribution in [0.3, 0.4) is 0 Å². The number of piperidine rings is 1. The molecule has 1 saturated heterocycles. The molecule has 2 atom stereocenters. The second-order valence-electron chi connectivity index (χ2n) is 4.85. The van der Waals surface area contributed by atoms with Crippen LogP contribution < -0.4 is 15.4 Å². The first kappa shape index (κ1) is 13.0. The van der Waals surface area contributed by atoms with Gasteiger partial charge in [0.05, 0.1) is 24.6 Å². The van der Waals surface area contributed by atoms with Crippen molar-refractivity contribution in [3.05, 3.63) is 18.2 Å². The summed E-state index contributed by atoms with van der Waals surface area (Å²) in [7, 11) is 3.44. The van der Waals surface area contributed by atoms with Crippen molar-refractivity contribution >= 4 is 11.4 Å². The van der Waals surface area contributed by atoms with Gasteiger partial charge in [-0.25, -0.2) is 0 Å². The van der Waals surface area contributed by atoms with Crippen LogP contribution in [-0.4, -0.2) is 32.9 Å². The van der Waals surface area contributed by atoms with E-state index in [0.29, 0.717) is 12.1 Å². The van der Waals surface area contributed by atoms with Gasteiger partial charge in [0, 0.05) is 25.8 Å². The fourth-order valence-electron chi connectivity index (χ4n) is 2.62. The molecular weight excluding hydrogens is 228 g/mol. The molecule has 1 aliphatic heterocycles. The van der Waals surface area contributed by atoms with Gasteiger partial charge in [-0.05, 0) is 31.9 Å². The first-order chi connectivity index (χ1) is 8.65. The fraction of sp³-hybridized carbons (Fsp3) is 0.571. The van der Waals surface area contributed by atoms with Gasteiger partial charge in [-0.15, -0.1) is 0 Å². The van der Waals surface area contributed by atoms with E-state index in [0.717, 1.165) is 36.5 Å². The molecule has 0 radical (unpaired) electrons. The summed E-state index contributed by atoms with van der Waals surface area (Å²) in [5.74, 6) is 0.802. The minimum atomic E-state index is 0.371. The van der Waals surface area contributed by atoms with E-state index in [4.69, 9.17) is 15.2 Å². The lowest BCUT2D eigenvalue weighted by atomic mass is 9.99. The van der Waals surface area contributed by atoms with E-state index >= 15 is 0 Å². The largest absolute Gasteiger partial charge is 0.497 e. The summed E-state index contributed by atoms with van der Waals surface area (Å²) in [5, 5.41) is 0. The fourth-order valence-corrected chi connectivity index (χ4v) is 2.62. The second kappa shape index (κ2) is 5.48. The summed E-state index contributed by atoms with van der Waals surface area (Å²) in [6.45, 7) is 3.20. The van der Waals surface area contributed by atoms with E-state index in [-0.39, 0.29) is 0 Å². The van der Waals surface area contributed by atoms with Crippen molar-refractivity contribution < 1.29 is 9.47 Å². The minimum Gasteiger partial charge on any atom is -0.497 e. The van der Waals surface area contributed by atoms with Gasteiger partial charge in [0.25, 0.3) is 0 Å². The molecular formula is C14H22N2O2. The highest BCUT2D eigenvalue weighted by atomic mass is 16.5. The van der Waals surface area contributed by atoms with Crippen LogP contribution in [0.1, 0.15) is 19.8 Å². The highest BCUT2D eigenvalue weighted by Gasteiger charge is 2.26. The molecule has 0 aliphatic carbocycles. The van der Waals surface area contributed by atoms with Gasteiger partial charge in [-0.1, -0.05) is 0 Å². The quantitative estimate of drug-likeness (QED) is 0.836. The van der Waals surface area contributed by atoms with Gasteiger partial charge in [0.1, 0.15) is 5.75 Å². The Hall–Kier alpha value is -1.42. The molecule has 18 heavy (non-hydrogen) atoms. The zero-order valence-electron chi connectivity index (χ0n) is 11.3. The predicted octanol–water partition coefficient (Wildman–Crippen LogP) is 2.28. The van der Waals surface area contributed by atoms with Gasteiger partial charge >= 0.3 is 0 Å². The number of rotatable bonds is 3. The standard InChI is InChI=1S/C14H22N2O2/c1-10-8-12(18-3)6-7-16(10)14-5-4-11(17-2)9-13(14)15/h4-5,9-10,12H,6-8,15H2,1-3H3. The molecule has 4 nitrogen and oxygen atoms in total. The van der Waals surface area contributed by atoms with Crippen LogP contribution in [0.2, 0.25) is 0 Å². The summed E-state index contributed by atoms with van der Waals surface area (Å²) in [4.78, 5) is 2.35. The Morgan fingerprint density at radius 1 is 1.33 bits per heavy atom. The van der Waals surface area contributed by atoms with Crippen LogP contribution in [0.5, 0.6) is 5.75 Å². The Morgan fingerprint density at radius 3 is 2.67 bits per heavy atom. The molecule has 2 N–H and O–H groups in total. The maximum Gasteiger partial charge on any atom is 0.121 e. The molecule has 0 bridgehead atoms. The van der Waals surface area contributed by atoms with Gasteiger partial charge in [-0.3, -0.25) is 0 Å². The van der Waals surface area contributed by atoms with Gasteiger partial charge < -0.3 is 20.1 Å². The first-order valence-electron chi connectivity index (χ1n) is 6.38. The van der Waals surface area contributed by atoms with Crippen molar-refractivity contribution in [2.24, 2.45) is 0 Å². The maximum absolute atomic E-state index is 6.10. The molecule has 1 aromatic rings. The van der Waals surface area contributed by atoms with Crippen molar-refractivity contribution in [3.8, 4) is 5.75 Å². The molecule has 2 rings (SSSR count). The molecule has 2 unspecified atom stereocenters. The van der Waals surface area contributed by atoms with E-state index in [2.05, 4.69) is 11.8 Å². The third kappa shape index (κ3) is 2.53. The predicted molar refractivity (Wildman–Crippen MR) is 74.2 cm³/mol. The molecule has 1 fully saturated rings. The molecule has 0 aromatic heterocycles. The van der Waals surface area contributed by atoms with Gasteiger partial charge in [0.15, 0.2) is 0 Å². The zero-order valence-corrected chi connectivity index (χ0v) is 11.3. The molecule has 0 amide bonds. The Labute approximate surface area is 109 Å². The second-order valence-corrected chi connectivity index (χ2v) is 4.85. The normalized spacial score (nSPS) is 24.1. The van der Waals surface area contributed by atoms with Crippen molar-refractivity contribution in [1.29, 1.82) is 0 Å². The van der Waals surface area contributed by atoms with Crippen molar-refractivity contribution in [3.63, 3.8) is 0 Å². The molecule has 0 spiro atoms. The van der Waals surface area contributed by atoms with Crippen LogP contribution in [0.25, 0.3) is 0 Å². The van der Waals surface area contributed by atoms with Crippen molar-refractivity contribution in [2.75, 3.05) is 31.4 Å². The van der Waals surface area contributed by atoms with Crippen LogP contribution in [0, 0.1) is 0 Å². The Balaban J connectivity index is 2.16. The number of ether oxygens (including phenoxy) is 2. The summed E-state index contributed by atoms with van der Waals surface area (Å²) in [6, 6.07) is 6.32. The summed E-state index contributed by atoms with van der Waals surface area (Å²) >= 11 is 0. The number of hydrogen-bond donors (Lipinski definition) is 1. The topological polar surface area (TPSA) is 47.7 Å². The van der Waals surface area contributed by atoms with E-state index in [9.17, 15) is 0 Å². The monoisotopic (exact) mass is 250 g/mol. The van der Waals surface area contributed by atoms with E-state index in [1.165, 1.54) is 0 Å². The van der Waals surface area contributed by atoms with Crippen molar-refractivity contribution in [1.82, 2.24) is 0 Å². The molecule has 100 valence electrons. The minimum absolute atomic E-state index is 0.371. The van der Waals surface area contributed by atoms with Crippen LogP contribution in [0.15, 0.2) is 18.2 Å². The van der Waals surface area contributed by atoms with E-state index in [1.807, 2.05) is 18.2 Å². The Morgan fingerprint density at radius 2 is 2.11 bits per heavy atom. The number of benzene rings is 1. The number of anilines is 2. The highest BCUT2D eigenvalue weighted by Crippen LogP contribution is 2.32. The maximum atomic E-state index is 6.10. The lowest BCUT2D eigenvalue weighted by molar-refractivity contribution is 0.0721. The first-order valence-corrected chi connectivity index (χ1v) is 6.38. The third-order valence-corrected chi connectivity index (χ3v) is 3.71. The number of nitrogens with zero attached hydrogens (tertiary/aromatic N) is 1. The number of nitrogens with two attached hydrogens (primary N) is 1. The number of hydrogen-bond acceptors (Lipinski definition) is 4. The lowest BCUT2D eigenvalue weighted by Gasteiger charge is -2.39. The van der Waals surface area contributed by atoms with Gasteiger partial charge in [-0.2, -0.15) is 0 Å². The van der Waals surface area contributed by atoms with Crippen LogP contribution >= 0.6 is 0 Å². The third-order valence-electron chi connectivity index (χ3n) is 3.71. The summed E-state index contributed by atoms with van der Waals surface area (Å²) in [5.41, 5.74) is 7.97. The zero-order chi connectivity index (χ0) is 13.1. The Bertz CT molecular complexity index is 409. The number of methoxy groups -OCH3 is 2. The Kier molecular flexibility index (Phi) is 3.97. The van der Waals surface area contributed by atoms with E-state index < -0.39 is 0 Å².